The molecule has 1 aromatic carbocycles. The number of hydrogen-bond donors (Lipinski definition) is 2. The van der Waals surface area contributed by atoms with Gasteiger partial charge in [0.2, 0.25) is 5.12 Å². The molecule has 4 heteroatoms. The van der Waals surface area contributed by atoms with Crippen molar-refractivity contribution >= 4 is 16.9 Å². The van der Waals surface area contributed by atoms with Crippen LogP contribution in [0.5, 0.6) is 11.5 Å². The fourth-order valence-corrected chi connectivity index (χ4v) is 1.93. The topological polar surface area (TPSA) is 57.5 Å². The monoisotopic (exact) mass is 226 g/mol. The summed E-state index contributed by atoms with van der Waals surface area (Å²) in [6, 6.07) is 0. The van der Waals surface area contributed by atoms with E-state index in [0.29, 0.717) is 22.3 Å². The van der Waals surface area contributed by atoms with Crippen molar-refractivity contribution in [1.29, 1.82) is 0 Å². The van der Waals surface area contributed by atoms with Gasteiger partial charge in [-0.2, -0.15) is 0 Å². The average molecular weight is 226 g/mol. The summed E-state index contributed by atoms with van der Waals surface area (Å²) >= 11 is 1.05. The summed E-state index contributed by atoms with van der Waals surface area (Å²) in [4.78, 5) is 11.6. The van der Waals surface area contributed by atoms with Crippen LogP contribution in [0.15, 0.2) is 0 Å². The molecule has 0 aromatic heterocycles. The van der Waals surface area contributed by atoms with E-state index in [9.17, 15) is 15.0 Å². The molecule has 0 aliphatic carbocycles. The first-order chi connectivity index (χ1) is 6.91. The molecular formula is C11H14O3S. The van der Waals surface area contributed by atoms with Gasteiger partial charge in [-0.25, -0.2) is 0 Å². The number of aromatic hydroxyl groups is 2. The van der Waals surface area contributed by atoms with Crippen molar-refractivity contribution in [3.05, 3.63) is 22.3 Å². The Morgan fingerprint density at radius 3 is 2.00 bits per heavy atom. The maximum absolute atomic E-state index is 11.6. The Hall–Kier alpha value is -1.16. The number of hydrogen-bond acceptors (Lipinski definition) is 4. The third kappa shape index (κ3) is 1.81. The molecule has 0 unspecified atom stereocenters. The molecule has 0 amide bonds. The van der Waals surface area contributed by atoms with Crippen molar-refractivity contribution in [2.75, 3.05) is 6.26 Å². The zero-order valence-corrected chi connectivity index (χ0v) is 10.0. The third-order valence-electron chi connectivity index (χ3n) is 2.63. The molecule has 2 N–H and O–H groups in total. The molecular weight excluding hydrogens is 212 g/mol. The lowest BCUT2D eigenvalue weighted by molar-refractivity contribution is 0.108. The fraction of sp³-hybridized carbons (Fsp3) is 0.364. The second-order valence-corrected chi connectivity index (χ2v) is 4.22. The average Bonchev–Trinajstić information content (AvgIpc) is 2.23. The van der Waals surface area contributed by atoms with Gasteiger partial charge >= 0.3 is 0 Å². The highest BCUT2D eigenvalue weighted by Crippen LogP contribution is 2.37. The van der Waals surface area contributed by atoms with Crippen LogP contribution in [0, 0.1) is 20.8 Å². The van der Waals surface area contributed by atoms with E-state index in [2.05, 4.69) is 0 Å². The van der Waals surface area contributed by atoms with Crippen molar-refractivity contribution < 1.29 is 15.0 Å². The number of benzene rings is 1. The van der Waals surface area contributed by atoms with Crippen LogP contribution in [0.25, 0.3) is 0 Å². The van der Waals surface area contributed by atoms with Gasteiger partial charge in [0.05, 0.1) is 5.56 Å². The van der Waals surface area contributed by atoms with E-state index < -0.39 is 0 Å². The van der Waals surface area contributed by atoms with E-state index in [4.69, 9.17) is 0 Å². The minimum Gasteiger partial charge on any atom is -0.507 e. The van der Waals surface area contributed by atoms with Crippen LogP contribution in [-0.2, 0) is 0 Å². The minimum absolute atomic E-state index is 0.0580. The Kier molecular flexibility index (Phi) is 3.29. The highest BCUT2D eigenvalue weighted by atomic mass is 32.2. The Morgan fingerprint density at radius 2 is 1.53 bits per heavy atom. The van der Waals surface area contributed by atoms with Gasteiger partial charge in [0.15, 0.2) is 0 Å². The van der Waals surface area contributed by atoms with Gasteiger partial charge in [-0.3, -0.25) is 4.79 Å². The predicted octanol–water partition coefficient (Wildman–Crippen LogP) is 2.53. The molecule has 0 spiro atoms. The largest absolute Gasteiger partial charge is 0.507 e. The Morgan fingerprint density at radius 1 is 1.00 bits per heavy atom. The molecule has 1 rings (SSSR count). The summed E-state index contributed by atoms with van der Waals surface area (Å²) in [6.45, 7) is 5.04. The first kappa shape index (κ1) is 11.9. The Bertz CT molecular complexity index is 395. The van der Waals surface area contributed by atoms with E-state index in [1.165, 1.54) is 0 Å². The van der Waals surface area contributed by atoms with Crippen LogP contribution in [0.1, 0.15) is 27.0 Å². The van der Waals surface area contributed by atoms with Gasteiger partial charge in [-0.05, 0) is 38.2 Å². The van der Waals surface area contributed by atoms with Crippen LogP contribution in [-0.4, -0.2) is 21.6 Å². The molecule has 0 fully saturated rings. The Balaban J connectivity index is 3.60. The van der Waals surface area contributed by atoms with Gasteiger partial charge in [-0.1, -0.05) is 11.8 Å². The van der Waals surface area contributed by atoms with Gasteiger partial charge < -0.3 is 10.2 Å². The standard InChI is InChI=1S/C11H14O3S/c1-5-6(2)9(12)7(3)10(13)8(5)11(14)15-4/h12-13H,1-4H3. The number of thioether (sulfide) groups is 1. The molecule has 0 aliphatic rings. The number of carbonyl (C=O) groups is 1. The summed E-state index contributed by atoms with van der Waals surface area (Å²) in [5.41, 5.74) is 1.93. The van der Waals surface area contributed by atoms with Gasteiger partial charge in [0, 0.05) is 5.56 Å². The van der Waals surface area contributed by atoms with Crippen LogP contribution in [0.2, 0.25) is 0 Å². The number of phenols is 2. The molecule has 15 heavy (non-hydrogen) atoms. The molecule has 0 radical (unpaired) electrons. The molecule has 0 bridgehead atoms. The van der Waals surface area contributed by atoms with Gasteiger partial charge in [0.25, 0.3) is 0 Å². The van der Waals surface area contributed by atoms with E-state index in [1.807, 2.05) is 0 Å². The molecule has 0 heterocycles. The normalized spacial score (nSPS) is 10.4. The maximum atomic E-state index is 11.6. The second kappa shape index (κ2) is 4.14. The van der Waals surface area contributed by atoms with Crippen molar-refractivity contribution in [2.45, 2.75) is 20.8 Å². The van der Waals surface area contributed by atoms with Crippen LogP contribution in [0.3, 0.4) is 0 Å². The van der Waals surface area contributed by atoms with Crippen LogP contribution < -0.4 is 0 Å². The quantitative estimate of drug-likeness (QED) is 0.772. The summed E-state index contributed by atoms with van der Waals surface area (Å²) < 4.78 is 0. The lowest BCUT2D eigenvalue weighted by Crippen LogP contribution is -2.01. The van der Waals surface area contributed by atoms with E-state index in [1.54, 1.807) is 27.0 Å². The molecule has 0 saturated carbocycles. The van der Waals surface area contributed by atoms with Crippen molar-refractivity contribution in [3.8, 4) is 11.5 Å². The molecule has 0 atom stereocenters. The SMILES string of the molecule is CSC(=O)c1c(C)c(C)c(O)c(C)c1O. The van der Waals surface area contributed by atoms with Crippen molar-refractivity contribution in [3.63, 3.8) is 0 Å². The summed E-state index contributed by atoms with van der Waals surface area (Å²) in [7, 11) is 0. The molecule has 0 aliphatic heterocycles. The number of carbonyl (C=O) groups excluding carboxylic acids is 1. The maximum Gasteiger partial charge on any atom is 0.223 e. The number of rotatable bonds is 1. The fourth-order valence-electron chi connectivity index (χ4n) is 1.48. The first-order valence-corrected chi connectivity index (χ1v) is 5.74. The molecule has 0 saturated heterocycles. The smallest absolute Gasteiger partial charge is 0.223 e. The lowest BCUT2D eigenvalue weighted by atomic mass is 9.98. The summed E-state index contributed by atoms with van der Waals surface area (Å²) in [6.07, 6.45) is 1.67. The van der Waals surface area contributed by atoms with Crippen molar-refractivity contribution in [2.24, 2.45) is 0 Å². The van der Waals surface area contributed by atoms with E-state index in [0.717, 1.165) is 11.8 Å². The molecule has 82 valence electrons. The molecule has 3 nitrogen and oxygen atoms in total. The van der Waals surface area contributed by atoms with E-state index >= 15 is 0 Å². The number of phenolic OH excluding ortho intramolecular Hbond substituents is 2. The predicted molar refractivity (Wildman–Crippen MR) is 61.8 cm³/mol. The Labute approximate surface area is 93.1 Å². The highest BCUT2D eigenvalue weighted by Gasteiger charge is 2.20. The second-order valence-electron chi connectivity index (χ2n) is 3.44. The first-order valence-electron chi connectivity index (χ1n) is 4.51. The third-order valence-corrected chi connectivity index (χ3v) is 3.20. The van der Waals surface area contributed by atoms with Crippen molar-refractivity contribution in [1.82, 2.24) is 0 Å². The van der Waals surface area contributed by atoms with E-state index in [-0.39, 0.29) is 16.6 Å². The van der Waals surface area contributed by atoms with Gasteiger partial charge in [-0.15, -0.1) is 0 Å². The minimum atomic E-state index is -0.184. The van der Waals surface area contributed by atoms with Crippen LogP contribution >= 0.6 is 11.8 Å². The zero-order valence-electron chi connectivity index (χ0n) is 9.21. The highest BCUT2D eigenvalue weighted by molar-refractivity contribution is 8.13. The summed E-state index contributed by atoms with van der Waals surface area (Å²) in [5, 5.41) is 19.3. The zero-order chi connectivity index (χ0) is 11.7. The molecule has 1 aromatic rings. The van der Waals surface area contributed by atoms with Crippen LogP contribution in [0.4, 0.5) is 0 Å². The summed E-state index contributed by atoms with van der Waals surface area (Å²) in [5.74, 6) is -0.0578. The lowest BCUT2D eigenvalue weighted by Gasteiger charge is -2.14. The van der Waals surface area contributed by atoms with Gasteiger partial charge in [0.1, 0.15) is 11.5 Å².